The van der Waals surface area contributed by atoms with Crippen molar-refractivity contribution in [3.05, 3.63) is 42.5 Å². The number of benzene rings is 1. The number of nitriles is 1. The van der Waals surface area contributed by atoms with Crippen LogP contribution in [0.2, 0.25) is 0 Å². The van der Waals surface area contributed by atoms with Crippen LogP contribution in [-0.4, -0.2) is 73.6 Å². The average molecular weight is 417 g/mol. The Kier molecular flexibility index (Phi) is 6.35. The molecule has 0 bridgehead atoms. The second kappa shape index (κ2) is 8.76. The fourth-order valence-electron chi connectivity index (χ4n) is 3.81. The number of carbonyl (C=O) groups is 2. The number of rotatable bonds is 4. The Morgan fingerprint density at radius 2 is 1.66 bits per heavy atom. The molecule has 154 valence electrons. The molecule has 2 heterocycles. The van der Waals surface area contributed by atoms with Gasteiger partial charge in [-0.2, -0.15) is 9.57 Å². The van der Waals surface area contributed by atoms with Crippen LogP contribution in [0.15, 0.2) is 41.8 Å². The number of amides is 2. The molecule has 2 fully saturated rings. The minimum atomic E-state index is -3.78. The summed E-state index contributed by atoms with van der Waals surface area (Å²) < 4.78 is 27.1. The van der Waals surface area contributed by atoms with Gasteiger partial charge >= 0.3 is 0 Å². The zero-order chi connectivity index (χ0) is 21.0. The maximum absolute atomic E-state index is 12.9. The smallest absolute Gasteiger partial charge is 0.245 e. The van der Waals surface area contributed by atoms with Crippen LogP contribution in [0.1, 0.15) is 18.4 Å². The van der Waals surface area contributed by atoms with E-state index in [1.165, 1.54) is 22.5 Å². The van der Waals surface area contributed by atoms with Crippen LogP contribution in [0.3, 0.4) is 0 Å². The third-order valence-electron chi connectivity index (χ3n) is 5.51. The van der Waals surface area contributed by atoms with Gasteiger partial charge in [0.05, 0.1) is 10.5 Å². The average Bonchev–Trinajstić information content (AvgIpc) is 2.78. The van der Waals surface area contributed by atoms with Gasteiger partial charge < -0.3 is 9.80 Å². The van der Waals surface area contributed by atoms with Gasteiger partial charge in [-0.25, -0.2) is 8.42 Å². The zero-order valence-electron chi connectivity index (χ0n) is 16.2. The van der Waals surface area contributed by atoms with Gasteiger partial charge in [-0.1, -0.05) is 18.7 Å². The summed E-state index contributed by atoms with van der Waals surface area (Å²) >= 11 is 0. The second-order valence-corrected chi connectivity index (χ2v) is 9.05. The molecular weight excluding hydrogens is 392 g/mol. The normalized spacial score (nSPS) is 18.9. The first-order chi connectivity index (χ1) is 13.9. The molecule has 8 nitrogen and oxygen atoms in total. The lowest BCUT2D eigenvalue weighted by atomic mass is 9.95. The van der Waals surface area contributed by atoms with Crippen molar-refractivity contribution in [1.82, 2.24) is 14.1 Å². The molecule has 0 spiro atoms. The molecule has 29 heavy (non-hydrogen) atoms. The van der Waals surface area contributed by atoms with Crippen LogP contribution in [-0.2, 0) is 19.6 Å². The highest BCUT2D eigenvalue weighted by Crippen LogP contribution is 2.24. The summed E-state index contributed by atoms with van der Waals surface area (Å²) in [6, 6.07) is 8.06. The van der Waals surface area contributed by atoms with Gasteiger partial charge in [-0.05, 0) is 31.1 Å². The van der Waals surface area contributed by atoms with E-state index in [0.29, 0.717) is 39.0 Å². The van der Waals surface area contributed by atoms with Crippen molar-refractivity contribution in [3.63, 3.8) is 0 Å². The Balaban J connectivity index is 1.59. The number of sulfonamides is 1. The number of piperazine rings is 1. The highest BCUT2D eigenvalue weighted by Gasteiger charge is 2.34. The van der Waals surface area contributed by atoms with Gasteiger partial charge in [0.25, 0.3) is 0 Å². The van der Waals surface area contributed by atoms with Crippen LogP contribution in [0.5, 0.6) is 0 Å². The number of likely N-dealkylation sites (tertiary alicyclic amines) is 1. The third kappa shape index (κ3) is 4.33. The second-order valence-electron chi connectivity index (χ2n) is 7.14. The maximum Gasteiger partial charge on any atom is 0.245 e. The Hall–Kier alpha value is -2.70. The lowest BCUT2D eigenvalue weighted by Crippen LogP contribution is -2.53. The Morgan fingerprint density at radius 1 is 1.03 bits per heavy atom. The van der Waals surface area contributed by atoms with Gasteiger partial charge in [0, 0.05) is 45.2 Å². The van der Waals surface area contributed by atoms with E-state index >= 15 is 0 Å². The first kappa shape index (κ1) is 21.0. The Bertz CT molecular complexity index is 937. The van der Waals surface area contributed by atoms with Gasteiger partial charge in [0.1, 0.15) is 6.07 Å². The molecule has 0 atom stereocenters. The molecule has 1 aromatic rings. The predicted molar refractivity (Wildman–Crippen MR) is 106 cm³/mol. The van der Waals surface area contributed by atoms with Crippen molar-refractivity contribution in [2.45, 2.75) is 17.7 Å². The quantitative estimate of drug-likeness (QED) is 0.676. The Morgan fingerprint density at radius 3 is 2.24 bits per heavy atom. The van der Waals surface area contributed by atoms with E-state index < -0.39 is 10.0 Å². The van der Waals surface area contributed by atoms with Crippen LogP contribution in [0.4, 0.5) is 0 Å². The number of hydrogen-bond donors (Lipinski definition) is 0. The largest absolute Gasteiger partial charge is 0.340 e. The molecule has 9 heteroatoms. The van der Waals surface area contributed by atoms with Gasteiger partial charge in [0.15, 0.2) is 0 Å². The highest BCUT2D eigenvalue weighted by molar-refractivity contribution is 7.89. The number of hydrogen-bond acceptors (Lipinski definition) is 5. The van der Waals surface area contributed by atoms with Crippen molar-refractivity contribution in [3.8, 4) is 6.07 Å². The van der Waals surface area contributed by atoms with Crippen LogP contribution in [0.25, 0.3) is 0 Å². The minimum absolute atomic E-state index is 0.00142. The SMILES string of the molecule is C=CC(=O)N1CCC(C(=O)N2CCN(S(=O)(=O)c3ccccc3C#N)CC2)CC1. The van der Waals surface area contributed by atoms with Crippen LogP contribution in [0, 0.1) is 17.2 Å². The fourth-order valence-corrected chi connectivity index (χ4v) is 5.37. The maximum atomic E-state index is 12.9. The molecule has 2 amide bonds. The molecule has 1 aromatic carbocycles. The molecule has 0 aliphatic carbocycles. The summed E-state index contributed by atoms with van der Waals surface area (Å²) in [5.41, 5.74) is 0.117. The molecule has 2 aliphatic heterocycles. The monoisotopic (exact) mass is 416 g/mol. The molecule has 0 radical (unpaired) electrons. The molecule has 0 saturated carbocycles. The van der Waals surface area contributed by atoms with Crippen molar-refractivity contribution in [1.29, 1.82) is 5.26 Å². The number of piperidine rings is 1. The summed E-state index contributed by atoms with van der Waals surface area (Å²) in [4.78, 5) is 27.9. The van der Waals surface area contributed by atoms with E-state index in [1.807, 2.05) is 6.07 Å². The predicted octanol–water partition coefficient (Wildman–Crippen LogP) is 0.816. The minimum Gasteiger partial charge on any atom is -0.340 e. The van der Waals surface area contributed by atoms with E-state index in [-0.39, 0.29) is 41.3 Å². The first-order valence-corrected chi connectivity index (χ1v) is 11.0. The lowest BCUT2D eigenvalue weighted by molar-refractivity contribution is -0.140. The fraction of sp³-hybridized carbons (Fsp3) is 0.450. The summed E-state index contributed by atoms with van der Waals surface area (Å²) in [5.74, 6) is -0.246. The molecule has 2 saturated heterocycles. The van der Waals surface area contributed by atoms with Crippen LogP contribution < -0.4 is 0 Å². The molecule has 2 aliphatic rings. The first-order valence-electron chi connectivity index (χ1n) is 9.58. The summed E-state index contributed by atoms with van der Waals surface area (Å²) in [6.45, 7) is 5.57. The highest BCUT2D eigenvalue weighted by atomic mass is 32.2. The van der Waals surface area contributed by atoms with Gasteiger partial charge in [-0.15, -0.1) is 0 Å². The van der Waals surface area contributed by atoms with E-state index in [4.69, 9.17) is 0 Å². The van der Waals surface area contributed by atoms with Crippen molar-refractivity contribution in [2.24, 2.45) is 5.92 Å². The lowest BCUT2D eigenvalue weighted by Gasteiger charge is -2.38. The molecule has 0 unspecified atom stereocenters. The van der Waals surface area contributed by atoms with Crippen LogP contribution >= 0.6 is 0 Å². The van der Waals surface area contributed by atoms with E-state index in [9.17, 15) is 23.3 Å². The molecule has 3 rings (SSSR count). The summed E-state index contributed by atoms with van der Waals surface area (Å²) in [5, 5.41) is 9.19. The summed E-state index contributed by atoms with van der Waals surface area (Å²) in [7, 11) is -3.78. The van der Waals surface area contributed by atoms with Gasteiger partial charge in [-0.3, -0.25) is 9.59 Å². The zero-order valence-corrected chi connectivity index (χ0v) is 17.0. The topological polar surface area (TPSA) is 102 Å². The number of nitrogens with zero attached hydrogens (tertiary/aromatic N) is 4. The summed E-state index contributed by atoms with van der Waals surface area (Å²) in [6.07, 6.45) is 2.49. The number of carbonyl (C=O) groups excluding carboxylic acids is 2. The molecular formula is C20H24N4O4S. The van der Waals surface area contributed by atoms with E-state index in [2.05, 4.69) is 6.58 Å². The third-order valence-corrected chi connectivity index (χ3v) is 7.46. The van der Waals surface area contributed by atoms with E-state index in [0.717, 1.165) is 0 Å². The molecule has 0 N–H and O–H groups in total. The van der Waals surface area contributed by atoms with Crippen molar-refractivity contribution >= 4 is 21.8 Å². The standard InChI is InChI=1S/C20H24N4O4S/c1-2-19(25)22-9-7-16(8-10-22)20(26)23-11-13-24(14-12-23)29(27,28)18-6-4-3-5-17(18)15-21/h2-6,16H,1,7-14H2. The van der Waals surface area contributed by atoms with Crippen molar-refractivity contribution < 1.29 is 18.0 Å². The van der Waals surface area contributed by atoms with E-state index in [1.54, 1.807) is 21.9 Å². The Labute approximate surface area is 171 Å². The molecule has 0 aromatic heterocycles. The van der Waals surface area contributed by atoms with Gasteiger partial charge in [0.2, 0.25) is 21.8 Å². The van der Waals surface area contributed by atoms with Crippen molar-refractivity contribution in [2.75, 3.05) is 39.3 Å².